The standard InChI is InChI=1S/C20H22N2O2/c1-15(23)21-19(13-17-10-6-3-7-11-17)20-22-18(14-24-20)12-16-8-4-2-5-9-16/h2-11,18-19H,12-14H2,1H3,(H,21,23)/t18-,19?/m0/s1. The van der Waals surface area contributed by atoms with Crippen LogP contribution in [-0.4, -0.2) is 30.5 Å². The minimum Gasteiger partial charge on any atom is -0.477 e. The Balaban J connectivity index is 1.70. The number of carbonyl (C=O) groups is 1. The average molecular weight is 322 g/mol. The molecule has 24 heavy (non-hydrogen) atoms. The molecule has 2 aromatic rings. The first kappa shape index (κ1) is 16.2. The van der Waals surface area contributed by atoms with Gasteiger partial charge in [0.15, 0.2) is 0 Å². The van der Waals surface area contributed by atoms with E-state index in [1.807, 2.05) is 48.5 Å². The van der Waals surface area contributed by atoms with Gasteiger partial charge < -0.3 is 10.1 Å². The first-order valence-corrected chi connectivity index (χ1v) is 8.26. The maximum absolute atomic E-state index is 11.6. The topological polar surface area (TPSA) is 50.7 Å². The Morgan fingerprint density at radius 1 is 1.12 bits per heavy atom. The molecule has 124 valence electrons. The molecule has 3 rings (SSSR count). The van der Waals surface area contributed by atoms with Gasteiger partial charge in [0, 0.05) is 13.3 Å². The van der Waals surface area contributed by atoms with E-state index >= 15 is 0 Å². The van der Waals surface area contributed by atoms with Crippen LogP contribution in [0.1, 0.15) is 18.1 Å². The molecule has 1 aliphatic rings. The van der Waals surface area contributed by atoms with Crippen molar-refractivity contribution in [3.8, 4) is 0 Å². The maximum atomic E-state index is 11.6. The lowest BCUT2D eigenvalue weighted by Gasteiger charge is -2.17. The molecule has 0 fully saturated rings. The summed E-state index contributed by atoms with van der Waals surface area (Å²) in [5, 5.41) is 2.96. The third-order valence-electron chi connectivity index (χ3n) is 4.01. The van der Waals surface area contributed by atoms with Gasteiger partial charge in [-0.1, -0.05) is 60.7 Å². The van der Waals surface area contributed by atoms with Gasteiger partial charge in [-0.25, -0.2) is 4.99 Å². The van der Waals surface area contributed by atoms with Crippen molar-refractivity contribution in [3.05, 3.63) is 71.8 Å². The Morgan fingerprint density at radius 2 is 1.75 bits per heavy atom. The molecule has 1 N–H and O–H groups in total. The van der Waals surface area contributed by atoms with Crippen LogP contribution in [-0.2, 0) is 22.4 Å². The van der Waals surface area contributed by atoms with Gasteiger partial charge >= 0.3 is 0 Å². The molecular weight excluding hydrogens is 300 g/mol. The van der Waals surface area contributed by atoms with E-state index in [9.17, 15) is 4.79 Å². The number of nitrogens with zero attached hydrogens (tertiary/aromatic N) is 1. The zero-order chi connectivity index (χ0) is 16.8. The fraction of sp³-hybridized carbons (Fsp3) is 0.300. The van der Waals surface area contributed by atoms with Gasteiger partial charge in [-0.2, -0.15) is 0 Å². The second-order valence-electron chi connectivity index (χ2n) is 6.06. The van der Waals surface area contributed by atoms with Crippen molar-refractivity contribution >= 4 is 11.8 Å². The summed E-state index contributed by atoms with van der Waals surface area (Å²) in [6, 6.07) is 20.2. The number of hydrogen-bond acceptors (Lipinski definition) is 3. The summed E-state index contributed by atoms with van der Waals surface area (Å²) in [5.41, 5.74) is 2.39. The van der Waals surface area contributed by atoms with Gasteiger partial charge in [-0.05, 0) is 17.5 Å². The molecule has 2 atom stereocenters. The van der Waals surface area contributed by atoms with E-state index in [4.69, 9.17) is 9.73 Å². The van der Waals surface area contributed by atoms with Gasteiger partial charge in [0.2, 0.25) is 11.8 Å². The van der Waals surface area contributed by atoms with Crippen molar-refractivity contribution in [3.63, 3.8) is 0 Å². The number of rotatable bonds is 6. The summed E-state index contributed by atoms with van der Waals surface area (Å²) >= 11 is 0. The van der Waals surface area contributed by atoms with Crippen LogP contribution >= 0.6 is 0 Å². The number of carbonyl (C=O) groups excluding carboxylic acids is 1. The van der Waals surface area contributed by atoms with E-state index in [-0.39, 0.29) is 18.0 Å². The molecule has 1 aliphatic heterocycles. The number of aliphatic imine (C=N–C) groups is 1. The summed E-state index contributed by atoms with van der Waals surface area (Å²) in [7, 11) is 0. The first-order valence-electron chi connectivity index (χ1n) is 8.26. The predicted molar refractivity (Wildman–Crippen MR) is 95.1 cm³/mol. The van der Waals surface area contributed by atoms with Crippen LogP contribution < -0.4 is 5.32 Å². The number of nitrogens with one attached hydrogen (secondary N) is 1. The van der Waals surface area contributed by atoms with Gasteiger partial charge in [0.25, 0.3) is 0 Å². The lowest BCUT2D eigenvalue weighted by Crippen LogP contribution is -2.41. The lowest BCUT2D eigenvalue weighted by atomic mass is 10.1. The number of amides is 1. The van der Waals surface area contributed by atoms with Crippen molar-refractivity contribution in [2.75, 3.05) is 6.61 Å². The molecular formula is C20H22N2O2. The highest BCUT2D eigenvalue weighted by Gasteiger charge is 2.27. The van der Waals surface area contributed by atoms with E-state index in [1.165, 1.54) is 12.5 Å². The Morgan fingerprint density at radius 3 is 2.38 bits per heavy atom. The first-order chi connectivity index (χ1) is 11.7. The number of ether oxygens (including phenoxy) is 1. The number of benzene rings is 2. The second-order valence-corrected chi connectivity index (χ2v) is 6.06. The third-order valence-corrected chi connectivity index (χ3v) is 4.01. The third kappa shape index (κ3) is 4.44. The summed E-state index contributed by atoms with van der Waals surface area (Å²) in [5.74, 6) is 0.559. The predicted octanol–water partition coefficient (Wildman–Crippen LogP) is 2.77. The van der Waals surface area contributed by atoms with Gasteiger partial charge in [-0.3, -0.25) is 4.79 Å². The molecule has 0 radical (unpaired) electrons. The van der Waals surface area contributed by atoms with Crippen LogP contribution in [0.2, 0.25) is 0 Å². The Kier molecular flexibility index (Phi) is 5.26. The van der Waals surface area contributed by atoms with E-state index in [1.54, 1.807) is 0 Å². The van der Waals surface area contributed by atoms with E-state index in [0.717, 1.165) is 12.0 Å². The normalized spacial score (nSPS) is 17.7. The zero-order valence-corrected chi connectivity index (χ0v) is 13.8. The molecule has 1 heterocycles. The van der Waals surface area contributed by atoms with Crippen molar-refractivity contribution in [2.45, 2.75) is 31.8 Å². The van der Waals surface area contributed by atoms with Crippen molar-refractivity contribution < 1.29 is 9.53 Å². The summed E-state index contributed by atoms with van der Waals surface area (Å²) in [6.45, 7) is 2.09. The Hall–Kier alpha value is -2.62. The molecule has 0 aromatic heterocycles. The maximum Gasteiger partial charge on any atom is 0.217 e. The largest absolute Gasteiger partial charge is 0.477 e. The Bertz CT molecular complexity index is 698. The molecule has 4 heteroatoms. The fourth-order valence-corrected chi connectivity index (χ4v) is 2.91. The SMILES string of the molecule is CC(=O)NC(Cc1ccccc1)C1=N[C@@H](Cc2ccccc2)CO1. The van der Waals surface area contributed by atoms with Crippen LogP contribution in [0, 0.1) is 0 Å². The van der Waals surface area contributed by atoms with Crippen LogP contribution in [0.3, 0.4) is 0 Å². The van der Waals surface area contributed by atoms with Crippen LogP contribution in [0.5, 0.6) is 0 Å². The van der Waals surface area contributed by atoms with E-state index in [0.29, 0.717) is 18.9 Å². The highest BCUT2D eigenvalue weighted by atomic mass is 16.5. The molecule has 0 bridgehead atoms. The molecule has 4 nitrogen and oxygen atoms in total. The molecule has 0 spiro atoms. The minimum atomic E-state index is -0.217. The summed E-state index contributed by atoms with van der Waals surface area (Å²) in [6.07, 6.45) is 1.53. The van der Waals surface area contributed by atoms with E-state index < -0.39 is 0 Å². The monoisotopic (exact) mass is 322 g/mol. The quantitative estimate of drug-likeness (QED) is 0.889. The van der Waals surface area contributed by atoms with Crippen molar-refractivity contribution in [2.24, 2.45) is 4.99 Å². The molecule has 0 saturated heterocycles. The van der Waals surface area contributed by atoms with Gasteiger partial charge in [0.1, 0.15) is 12.6 Å². The fourth-order valence-electron chi connectivity index (χ4n) is 2.91. The van der Waals surface area contributed by atoms with Gasteiger partial charge in [0.05, 0.1) is 6.04 Å². The van der Waals surface area contributed by atoms with Crippen LogP contribution in [0.15, 0.2) is 65.7 Å². The molecule has 2 aromatic carbocycles. The lowest BCUT2D eigenvalue weighted by molar-refractivity contribution is -0.119. The van der Waals surface area contributed by atoms with E-state index in [2.05, 4.69) is 17.4 Å². The highest BCUT2D eigenvalue weighted by Crippen LogP contribution is 2.15. The molecule has 1 unspecified atom stereocenters. The van der Waals surface area contributed by atoms with Crippen LogP contribution in [0.25, 0.3) is 0 Å². The summed E-state index contributed by atoms with van der Waals surface area (Å²) < 4.78 is 5.81. The Labute approximate surface area is 142 Å². The van der Waals surface area contributed by atoms with Gasteiger partial charge in [-0.15, -0.1) is 0 Å². The molecule has 0 saturated carbocycles. The second kappa shape index (κ2) is 7.77. The molecule has 0 aliphatic carbocycles. The highest BCUT2D eigenvalue weighted by molar-refractivity contribution is 5.88. The van der Waals surface area contributed by atoms with Crippen LogP contribution in [0.4, 0.5) is 0 Å². The number of hydrogen-bond donors (Lipinski definition) is 1. The van der Waals surface area contributed by atoms with Crippen molar-refractivity contribution in [1.82, 2.24) is 5.32 Å². The molecule has 1 amide bonds. The minimum absolute atomic E-state index is 0.0752. The average Bonchev–Trinajstić information content (AvgIpc) is 3.04. The summed E-state index contributed by atoms with van der Waals surface area (Å²) in [4.78, 5) is 16.3. The smallest absolute Gasteiger partial charge is 0.217 e. The zero-order valence-electron chi connectivity index (χ0n) is 13.8. The van der Waals surface area contributed by atoms with Crippen molar-refractivity contribution in [1.29, 1.82) is 0 Å².